The first-order chi connectivity index (χ1) is 11.3. The predicted octanol–water partition coefficient (Wildman–Crippen LogP) is 3.62. The average molecular weight is 366 g/mol. The van der Waals surface area contributed by atoms with Crippen molar-refractivity contribution in [3.63, 3.8) is 0 Å². The highest BCUT2D eigenvalue weighted by molar-refractivity contribution is 7.91. The van der Waals surface area contributed by atoms with Crippen molar-refractivity contribution in [1.82, 2.24) is 0 Å². The summed E-state index contributed by atoms with van der Waals surface area (Å²) in [5.74, 6) is -1.12. The van der Waals surface area contributed by atoms with Crippen LogP contribution in [0.15, 0.2) is 48.5 Å². The second-order valence-electron chi connectivity index (χ2n) is 5.64. The molecule has 1 amide bonds. The molecule has 0 spiro atoms. The molecule has 0 unspecified atom stereocenters. The largest absolute Gasteiger partial charge is 0.312 e. The Labute approximate surface area is 148 Å². The Bertz CT molecular complexity index is 816. The normalized spacial score (nSPS) is 11.3. The van der Waals surface area contributed by atoms with Crippen LogP contribution in [-0.4, -0.2) is 26.6 Å². The first-order valence-electron chi connectivity index (χ1n) is 7.62. The summed E-state index contributed by atoms with van der Waals surface area (Å²) in [5, 5.41) is 0.545. The number of sulfone groups is 1. The molecule has 0 atom stereocenters. The van der Waals surface area contributed by atoms with E-state index in [1.165, 1.54) is 4.90 Å². The molecule has 0 saturated carbocycles. The molecule has 0 bridgehead atoms. The van der Waals surface area contributed by atoms with Gasteiger partial charge < -0.3 is 4.90 Å². The van der Waals surface area contributed by atoms with Gasteiger partial charge in [0.25, 0.3) is 0 Å². The maximum atomic E-state index is 12.5. The zero-order chi connectivity index (χ0) is 17.7. The number of carbonyl (C=O) groups is 1. The van der Waals surface area contributed by atoms with E-state index in [1.54, 1.807) is 30.3 Å². The number of nitrogens with zero attached hydrogens (tertiary/aromatic N) is 1. The second-order valence-corrected chi connectivity index (χ2v) is 8.14. The Kier molecular flexibility index (Phi) is 6.02. The fourth-order valence-electron chi connectivity index (χ4n) is 2.45. The number of amides is 1. The van der Waals surface area contributed by atoms with E-state index in [-0.39, 0.29) is 5.75 Å². The zero-order valence-corrected chi connectivity index (χ0v) is 15.3. The fourth-order valence-corrected chi connectivity index (χ4v) is 3.91. The van der Waals surface area contributed by atoms with E-state index >= 15 is 0 Å². The first kappa shape index (κ1) is 18.5. The Morgan fingerprint density at radius 2 is 1.79 bits per heavy atom. The summed E-state index contributed by atoms with van der Waals surface area (Å²) in [7, 11) is -3.55. The van der Waals surface area contributed by atoms with Gasteiger partial charge in [-0.25, -0.2) is 8.42 Å². The van der Waals surface area contributed by atoms with Crippen LogP contribution in [-0.2, 0) is 20.4 Å². The van der Waals surface area contributed by atoms with Crippen LogP contribution < -0.4 is 4.90 Å². The van der Waals surface area contributed by atoms with E-state index in [4.69, 9.17) is 11.6 Å². The van der Waals surface area contributed by atoms with Crippen LogP contribution in [0.25, 0.3) is 0 Å². The molecular weight excluding hydrogens is 346 g/mol. The second kappa shape index (κ2) is 7.81. The lowest BCUT2D eigenvalue weighted by Crippen LogP contribution is -2.36. The van der Waals surface area contributed by atoms with Crippen molar-refractivity contribution in [2.45, 2.75) is 19.6 Å². The molecule has 24 heavy (non-hydrogen) atoms. The molecule has 0 N–H and O–H groups in total. The van der Waals surface area contributed by atoms with E-state index < -0.39 is 21.5 Å². The summed E-state index contributed by atoms with van der Waals surface area (Å²) in [6, 6.07) is 14.0. The van der Waals surface area contributed by atoms with Crippen LogP contribution in [0.4, 0.5) is 5.69 Å². The van der Waals surface area contributed by atoms with Gasteiger partial charge in [0.2, 0.25) is 5.91 Å². The van der Waals surface area contributed by atoms with Gasteiger partial charge in [-0.3, -0.25) is 4.79 Å². The van der Waals surface area contributed by atoms with Gasteiger partial charge in [-0.05, 0) is 49.2 Å². The summed E-state index contributed by atoms with van der Waals surface area (Å²) < 4.78 is 24.7. The minimum atomic E-state index is -3.55. The number of rotatable bonds is 6. The Balaban J connectivity index is 2.12. The van der Waals surface area contributed by atoms with Crippen LogP contribution in [0.3, 0.4) is 0 Å². The Morgan fingerprint density at radius 1 is 1.12 bits per heavy atom. The van der Waals surface area contributed by atoms with Gasteiger partial charge in [0, 0.05) is 17.3 Å². The number of halogens is 1. The topological polar surface area (TPSA) is 54.5 Å². The Morgan fingerprint density at radius 3 is 2.38 bits per heavy atom. The SMILES string of the molecule is CCN(C(=O)CS(=O)(=O)Cc1ccc(Cl)cc1)c1cccc(C)c1. The maximum absolute atomic E-state index is 12.5. The third kappa shape index (κ3) is 5.08. The molecule has 0 heterocycles. The van der Waals surface area contributed by atoms with Gasteiger partial charge in [0.05, 0.1) is 5.75 Å². The van der Waals surface area contributed by atoms with Gasteiger partial charge in [-0.2, -0.15) is 0 Å². The third-order valence-electron chi connectivity index (χ3n) is 3.57. The monoisotopic (exact) mass is 365 g/mol. The molecule has 0 aliphatic rings. The molecule has 2 rings (SSSR count). The van der Waals surface area contributed by atoms with E-state index in [0.717, 1.165) is 5.56 Å². The molecular formula is C18H20ClNO3S. The zero-order valence-electron chi connectivity index (χ0n) is 13.7. The minimum Gasteiger partial charge on any atom is -0.312 e. The summed E-state index contributed by atoms with van der Waals surface area (Å²) in [5.41, 5.74) is 2.35. The predicted molar refractivity (Wildman–Crippen MR) is 98.1 cm³/mol. The molecule has 0 radical (unpaired) electrons. The molecule has 2 aromatic carbocycles. The summed E-state index contributed by atoms with van der Waals surface area (Å²) in [4.78, 5) is 14.0. The molecule has 4 nitrogen and oxygen atoms in total. The fraction of sp³-hybridized carbons (Fsp3) is 0.278. The molecule has 6 heteroatoms. The standard InChI is InChI=1S/C18H20ClNO3S/c1-3-20(17-6-4-5-14(2)11-17)18(21)13-24(22,23)12-15-7-9-16(19)10-8-15/h4-11H,3,12-13H2,1-2H3. The number of carbonyl (C=O) groups excluding carboxylic acids is 1. The number of aryl methyl sites for hydroxylation is 1. The van der Waals surface area contributed by atoms with Crippen molar-refractivity contribution in [3.05, 3.63) is 64.7 Å². The molecule has 0 aromatic heterocycles. The molecule has 0 aliphatic carbocycles. The van der Waals surface area contributed by atoms with Gasteiger partial charge in [-0.1, -0.05) is 35.9 Å². The van der Waals surface area contributed by atoms with E-state index in [2.05, 4.69) is 0 Å². The van der Waals surface area contributed by atoms with Gasteiger partial charge in [0.1, 0.15) is 5.75 Å². The van der Waals surface area contributed by atoms with Crippen molar-refractivity contribution < 1.29 is 13.2 Å². The average Bonchev–Trinajstić information content (AvgIpc) is 2.49. The molecule has 0 saturated heterocycles. The smallest absolute Gasteiger partial charge is 0.242 e. The minimum absolute atomic E-state index is 0.179. The highest BCUT2D eigenvalue weighted by Crippen LogP contribution is 2.17. The van der Waals surface area contributed by atoms with Crippen molar-refractivity contribution in [2.24, 2.45) is 0 Å². The summed E-state index contributed by atoms with van der Waals surface area (Å²) >= 11 is 5.80. The van der Waals surface area contributed by atoms with Crippen molar-refractivity contribution in [2.75, 3.05) is 17.2 Å². The lowest BCUT2D eigenvalue weighted by molar-refractivity contribution is -0.116. The van der Waals surface area contributed by atoms with Crippen molar-refractivity contribution >= 4 is 33.0 Å². The molecule has 2 aromatic rings. The van der Waals surface area contributed by atoms with Crippen molar-refractivity contribution in [1.29, 1.82) is 0 Å². The van der Waals surface area contributed by atoms with Gasteiger partial charge in [0.15, 0.2) is 9.84 Å². The molecule has 0 fully saturated rings. The lowest BCUT2D eigenvalue weighted by atomic mass is 10.2. The van der Waals surface area contributed by atoms with Crippen molar-refractivity contribution in [3.8, 4) is 0 Å². The number of hydrogen-bond donors (Lipinski definition) is 0. The summed E-state index contributed by atoms with van der Waals surface area (Å²) in [6.45, 7) is 4.17. The van der Waals surface area contributed by atoms with E-state index in [1.807, 2.05) is 32.0 Å². The lowest BCUT2D eigenvalue weighted by Gasteiger charge is -2.21. The highest BCUT2D eigenvalue weighted by Gasteiger charge is 2.22. The van der Waals surface area contributed by atoms with Gasteiger partial charge in [-0.15, -0.1) is 0 Å². The summed E-state index contributed by atoms with van der Waals surface area (Å²) in [6.07, 6.45) is 0. The highest BCUT2D eigenvalue weighted by atomic mass is 35.5. The van der Waals surface area contributed by atoms with Crippen LogP contribution in [0.5, 0.6) is 0 Å². The number of hydrogen-bond acceptors (Lipinski definition) is 3. The molecule has 128 valence electrons. The van der Waals surface area contributed by atoms with Crippen LogP contribution in [0.2, 0.25) is 5.02 Å². The quantitative estimate of drug-likeness (QED) is 0.785. The first-order valence-corrected chi connectivity index (χ1v) is 9.82. The number of anilines is 1. The molecule has 0 aliphatic heterocycles. The van der Waals surface area contributed by atoms with Gasteiger partial charge >= 0.3 is 0 Å². The third-order valence-corrected chi connectivity index (χ3v) is 5.29. The van der Waals surface area contributed by atoms with Crippen LogP contribution in [0, 0.1) is 6.92 Å². The van der Waals surface area contributed by atoms with Crippen LogP contribution >= 0.6 is 11.6 Å². The van der Waals surface area contributed by atoms with E-state index in [9.17, 15) is 13.2 Å². The maximum Gasteiger partial charge on any atom is 0.242 e. The number of benzene rings is 2. The Hall–Kier alpha value is -1.85. The van der Waals surface area contributed by atoms with Crippen LogP contribution in [0.1, 0.15) is 18.1 Å². The van der Waals surface area contributed by atoms with E-state index in [0.29, 0.717) is 22.8 Å².